The van der Waals surface area contributed by atoms with E-state index in [-0.39, 0.29) is 32.6 Å². The van der Waals surface area contributed by atoms with E-state index in [1.165, 1.54) is 18.2 Å². The van der Waals surface area contributed by atoms with Gasteiger partial charge in [-0.3, -0.25) is 9.48 Å². The van der Waals surface area contributed by atoms with Crippen molar-refractivity contribution >= 4 is 27.6 Å². The highest BCUT2D eigenvalue weighted by Gasteiger charge is 2.82. The van der Waals surface area contributed by atoms with E-state index in [0.29, 0.717) is 7.05 Å². The van der Waals surface area contributed by atoms with E-state index in [2.05, 4.69) is 19.8 Å². The molecule has 1 amide bonds. The number of halogens is 11. The number of amides is 1. The van der Waals surface area contributed by atoms with Gasteiger partial charge in [-0.1, -0.05) is 16.8 Å². The zero-order valence-corrected chi connectivity index (χ0v) is 21.8. The molecule has 230 valence electrons. The van der Waals surface area contributed by atoms with Crippen LogP contribution in [0.3, 0.4) is 0 Å². The van der Waals surface area contributed by atoms with Crippen molar-refractivity contribution in [1.29, 1.82) is 0 Å². The van der Waals surface area contributed by atoms with E-state index < -0.39 is 62.4 Å². The fourth-order valence-corrected chi connectivity index (χ4v) is 4.79. The van der Waals surface area contributed by atoms with Crippen LogP contribution < -0.4 is 9.50 Å². The molecule has 1 aromatic carbocycles. The zero-order valence-electron chi connectivity index (χ0n) is 20.2. The van der Waals surface area contributed by atoms with E-state index in [4.69, 9.17) is 16.1 Å². The van der Waals surface area contributed by atoms with Crippen LogP contribution >= 0.6 is 11.6 Å². The second-order valence-corrected chi connectivity index (χ2v) is 10.8. The smallest absolute Gasteiger partial charge is 0.357 e. The fraction of sp³-hybridized carbons (Fsp3) is 0.381. The van der Waals surface area contributed by atoms with Crippen molar-refractivity contribution in [3.63, 3.8) is 0 Å². The number of carbonyl (C=O) groups is 1. The van der Waals surface area contributed by atoms with E-state index in [1.807, 2.05) is 0 Å². The lowest BCUT2D eigenvalue weighted by Crippen LogP contribution is -2.60. The van der Waals surface area contributed by atoms with Gasteiger partial charge in [-0.2, -0.15) is 47.9 Å². The van der Waals surface area contributed by atoms with Crippen molar-refractivity contribution < 1.29 is 65.8 Å². The SMILES string of the molecule is Cn1nc(OS(=O)(=O)C(F)(C(F)(F)F)C(F)(F)F)c(C(F)(F)F)c1-c1cc(-c2ccc(Cl)c(C(=O)NC3CC3)c2)on1. The van der Waals surface area contributed by atoms with Crippen LogP contribution in [0.4, 0.5) is 43.9 Å². The molecular formula is C21H13ClF10N4O5S. The number of rotatable bonds is 7. The minimum absolute atomic E-state index is 0.00674. The third kappa shape index (κ3) is 5.48. The Balaban J connectivity index is 1.78. The quantitative estimate of drug-likeness (QED) is 0.252. The molecule has 1 saturated carbocycles. The first-order chi connectivity index (χ1) is 19.1. The summed E-state index contributed by atoms with van der Waals surface area (Å²) in [6, 6.07) is 4.49. The standard InChI is InChI=1S/C21H13ClF10N4O5S/c1-36-15(12-7-13(40-35-12)8-2-5-11(22)10(6-8)16(37)33-9-3-4-9)14(18(23,24)25)17(34-36)41-42(38,39)19(26,20(27,28)29)21(30,31)32/h2,5-7,9H,3-4H2,1H3,(H,33,37). The van der Waals surface area contributed by atoms with Crippen LogP contribution in [-0.2, 0) is 23.3 Å². The molecule has 1 aliphatic carbocycles. The van der Waals surface area contributed by atoms with Crippen molar-refractivity contribution in [3.05, 3.63) is 40.4 Å². The molecule has 42 heavy (non-hydrogen) atoms. The Morgan fingerprint density at radius 1 is 1.05 bits per heavy atom. The minimum atomic E-state index is -7.60. The van der Waals surface area contributed by atoms with E-state index in [1.54, 1.807) is 0 Å². The Bertz CT molecular complexity index is 1630. The Labute approximate surface area is 232 Å². The molecule has 1 aliphatic rings. The highest BCUT2D eigenvalue weighted by molar-refractivity contribution is 7.88. The van der Waals surface area contributed by atoms with Crippen LogP contribution in [0.5, 0.6) is 5.88 Å². The number of aryl methyl sites for hydroxylation is 1. The van der Waals surface area contributed by atoms with Gasteiger partial charge in [-0.25, -0.2) is 4.39 Å². The second-order valence-electron chi connectivity index (χ2n) is 8.80. The summed E-state index contributed by atoms with van der Waals surface area (Å²) < 4.78 is 166. The predicted molar refractivity (Wildman–Crippen MR) is 120 cm³/mol. The summed E-state index contributed by atoms with van der Waals surface area (Å²) in [7, 11) is -6.93. The van der Waals surface area contributed by atoms with E-state index >= 15 is 0 Å². The lowest BCUT2D eigenvalue weighted by Gasteiger charge is -2.28. The number of alkyl halides is 10. The van der Waals surface area contributed by atoms with Gasteiger partial charge in [-0.05, 0) is 31.0 Å². The molecule has 2 aromatic heterocycles. The van der Waals surface area contributed by atoms with Crippen molar-refractivity contribution in [2.45, 2.75) is 42.4 Å². The summed E-state index contributed by atoms with van der Waals surface area (Å²) in [5.74, 6) is -3.23. The second kappa shape index (κ2) is 10.0. The third-order valence-corrected chi connectivity index (χ3v) is 7.58. The van der Waals surface area contributed by atoms with E-state index in [0.717, 1.165) is 18.9 Å². The van der Waals surface area contributed by atoms with Crippen LogP contribution in [-0.4, -0.2) is 52.7 Å². The first-order valence-electron chi connectivity index (χ1n) is 11.1. The van der Waals surface area contributed by atoms with Gasteiger partial charge in [0.05, 0.1) is 10.6 Å². The Morgan fingerprint density at radius 2 is 1.64 bits per heavy atom. The van der Waals surface area contributed by atoms with Gasteiger partial charge < -0.3 is 14.0 Å². The van der Waals surface area contributed by atoms with Gasteiger partial charge in [0, 0.05) is 24.7 Å². The number of nitrogens with one attached hydrogen (secondary N) is 1. The summed E-state index contributed by atoms with van der Waals surface area (Å²) in [4.78, 5) is 12.4. The van der Waals surface area contributed by atoms with Crippen molar-refractivity contribution in [1.82, 2.24) is 20.3 Å². The molecule has 0 aliphatic heterocycles. The number of hydrogen-bond acceptors (Lipinski definition) is 7. The Morgan fingerprint density at radius 3 is 2.17 bits per heavy atom. The largest absolute Gasteiger partial charge is 0.450 e. The lowest BCUT2D eigenvalue weighted by atomic mass is 10.1. The summed E-state index contributed by atoms with van der Waals surface area (Å²) in [6.45, 7) is 0. The maximum Gasteiger partial charge on any atom is 0.450 e. The zero-order chi connectivity index (χ0) is 31.6. The van der Waals surface area contributed by atoms with E-state index in [9.17, 15) is 57.1 Å². The molecular weight excluding hydrogens is 646 g/mol. The van der Waals surface area contributed by atoms with Crippen LogP contribution in [0, 0.1) is 0 Å². The summed E-state index contributed by atoms with van der Waals surface area (Å²) >= 11 is 6.04. The Kier molecular flexibility index (Phi) is 7.49. The molecule has 0 radical (unpaired) electrons. The number of aromatic nitrogens is 3. The molecule has 4 rings (SSSR count). The lowest BCUT2D eigenvalue weighted by molar-refractivity contribution is -0.307. The molecule has 2 heterocycles. The predicted octanol–water partition coefficient (Wildman–Crippen LogP) is 5.81. The van der Waals surface area contributed by atoms with Crippen LogP contribution in [0.2, 0.25) is 5.02 Å². The Hall–Kier alpha value is -3.55. The first kappa shape index (κ1) is 31.4. The molecule has 0 saturated heterocycles. The van der Waals surface area contributed by atoms with Crippen molar-refractivity contribution in [3.8, 4) is 28.6 Å². The van der Waals surface area contributed by atoms with Gasteiger partial charge in [0.1, 0.15) is 17.0 Å². The van der Waals surface area contributed by atoms with Crippen molar-refractivity contribution in [2.24, 2.45) is 7.05 Å². The third-order valence-electron chi connectivity index (χ3n) is 5.72. The highest BCUT2D eigenvalue weighted by Crippen LogP contribution is 2.51. The number of nitrogens with zero attached hydrogens (tertiary/aromatic N) is 3. The average Bonchev–Trinajstić information content (AvgIpc) is 3.39. The van der Waals surface area contributed by atoms with Gasteiger partial charge in [0.2, 0.25) is 0 Å². The number of hydrogen-bond donors (Lipinski definition) is 1. The molecule has 0 atom stereocenters. The minimum Gasteiger partial charge on any atom is -0.357 e. The summed E-state index contributed by atoms with van der Waals surface area (Å²) in [5, 5.41) is 1.86. The number of benzene rings is 1. The molecule has 1 N–H and O–H groups in total. The first-order valence-corrected chi connectivity index (χ1v) is 12.9. The van der Waals surface area contributed by atoms with Gasteiger partial charge in [0.25, 0.3) is 11.8 Å². The molecule has 0 spiro atoms. The average molecular weight is 659 g/mol. The fourth-order valence-electron chi connectivity index (χ4n) is 3.58. The van der Waals surface area contributed by atoms with Crippen LogP contribution in [0.1, 0.15) is 28.8 Å². The molecule has 0 bridgehead atoms. The summed E-state index contributed by atoms with van der Waals surface area (Å²) in [6.07, 6.45) is -18.7. The van der Waals surface area contributed by atoms with Crippen LogP contribution in [0.15, 0.2) is 28.8 Å². The molecule has 1 fully saturated rings. The molecule has 0 unspecified atom stereocenters. The normalized spacial score (nSPS) is 15.1. The van der Waals surface area contributed by atoms with Gasteiger partial charge in [0.15, 0.2) is 5.76 Å². The molecule has 9 nitrogen and oxygen atoms in total. The topological polar surface area (TPSA) is 116 Å². The monoisotopic (exact) mass is 658 g/mol. The molecule has 3 aromatic rings. The summed E-state index contributed by atoms with van der Waals surface area (Å²) in [5.41, 5.74) is -4.36. The number of carbonyl (C=O) groups excluding carboxylic acids is 1. The van der Waals surface area contributed by atoms with Gasteiger partial charge >= 0.3 is 33.6 Å². The maximum atomic E-state index is 14.2. The highest BCUT2D eigenvalue weighted by atomic mass is 35.5. The van der Waals surface area contributed by atoms with Crippen molar-refractivity contribution in [2.75, 3.05) is 0 Å². The van der Waals surface area contributed by atoms with Crippen LogP contribution in [0.25, 0.3) is 22.7 Å². The maximum absolute atomic E-state index is 14.2. The molecule has 21 heteroatoms. The van der Waals surface area contributed by atoms with Gasteiger partial charge in [-0.15, -0.1) is 5.10 Å².